The van der Waals surface area contributed by atoms with E-state index in [4.69, 9.17) is 9.15 Å². The zero-order chi connectivity index (χ0) is 36.1. The highest BCUT2D eigenvalue weighted by Gasteiger charge is 2.50. The quantitative estimate of drug-likeness (QED) is 0.183. The Hall–Kier alpha value is -7.16. The van der Waals surface area contributed by atoms with E-state index in [0.29, 0.717) is 0 Å². The number of hydrogen-bond acceptors (Lipinski definition) is 2. The molecule has 2 heterocycles. The van der Waals surface area contributed by atoms with Gasteiger partial charge in [-0.1, -0.05) is 164 Å². The van der Waals surface area contributed by atoms with Gasteiger partial charge in [-0.25, -0.2) is 0 Å². The van der Waals surface area contributed by atoms with Gasteiger partial charge in [-0.2, -0.15) is 0 Å². The van der Waals surface area contributed by atoms with Crippen molar-refractivity contribution in [3.05, 3.63) is 216 Å². The van der Waals surface area contributed by atoms with Crippen LogP contribution in [0.5, 0.6) is 11.5 Å². The minimum absolute atomic E-state index is 0.448. The third-order valence-corrected chi connectivity index (χ3v) is 12.0. The number of ether oxygens (including phenoxy) is 1. The van der Waals surface area contributed by atoms with Gasteiger partial charge < -0.3 is 9.15 Å². The lowest BCUT2D eigenvalue weighted by molar-refractivity contribution is 0.436. The molecule has 0 N–H and O–H groups in total. The van der Waals surface area contributed by atoms with Gasteiger partial charge in [0, 0.05) is 21.9 Å². The van der Waals surface area contributed by atoms with Crippen molar-refractivity contribution in [3.8, 4) is 56.0 Å². The number of furan rings is 1. The molecule has 0 atom stereocenters. The Morgan fingerprint density at radius 1 is 0.327 bits per heavy atom. The van der Waals surface area contributed by atoms with Crippen LogP contribution in [0.25, 0.3) is 77.2 Å². The Morgan fingerprint density at radius 3 is 1.56 bits per heavy atom. The molecule has 12 rings (SSSR count). The van der Waals surface area contributed by atoms with Gasteiger partial charge >= 0.3 is 0 Å². The SMILES string of the molecule is c1ccc2c(c1)Oc1cc(-c3ccc(-c4ccc(-c5cccc6oc7cc8ccccc8cc7c56)cc4)cc3)ccc1C21c2ccccc2-c2ccccc21. The number of rotatable bonds is 3. The summed E-state index contributed by atoms with van der Waals surface area (Å²) in [5.74, 6) is 1.80. The maximum atomic E-state index is 6.76. The first-order chi connectivity index (χ1) is 27.2. The van der Waals surface area contributed by atoms with E-state index in [1.54, 1.807) is 0 Å². The van der Waals surface area contributed by atoms with E-state index in [-0.39, 0.29) is 0 Å². The van der Waals surface area contributed by atoms with E-state index >= 15 is 0 Å². The third-order valence-electron chi connectivity index (χ3n) is 12.0. The predicted molar refractivity (Wildman–Crippen MR) is 225 cm³/mol. The van der Waals surface area contributed by atoms with Gasteiger partial charge in [-0.05, 0) is 96.7 Å². The Bertz CT molecular complexity index is 3120. The van der Waals surface area contributed by atoms with Crippen LogP contribution in [0, 0.1) is 0 Å². The number of fused-ring (bicyclic) bond motifs is 13. The predicted octanol–water partition coefficient (Wildman–Crippen LogP) is 14.2. The summed E-state index contributed by atoms with van der Waals surface area (Å²) in [5, 5.41) is 4.71. The van der Waals surface area contributed by atoms with Crippen molar-refractivity contribution in [1.29, 1.82) is 0 Å². The van der Waals surface area contributed by atoms with E-state index in [1.165, 1.54) is 66.4 Å². The van der Waals surface area contributed by atoms with Crippen LogP contribution in [0.4, 0.5) is 0 Å². The van der Waals surface area contributed by atoms with Gasteiger partial charge in [-0.3, -0.25) is 0 Å². The average molecular weight is 701 g/mol. The highest BCUT2D eigenvalue weighted by molar-refractivity contribution is 6.15. The molecule has 2 aliphatic rings. The standard InChI is InChI=1S/C53H32O2/c1-2-11-38-31-50-43(30-37(38)10-1)52-40(14-9-19-49(52)55-50)36-26-24-34(25-27-36)33-20-22-35(23-21-33)39-28-29-47-51(32-39)54-48-18-8-7-17-46(48)53(47)44-15-5-3-12-41(44)42-13-4-6-16-45(42)53/h1-32H. The van der Waals surface area contributed by atoms with Crippen LogP contribution in [0.2, 0.25) is 0 Å². The van der Waals surface area contributed by atoms with Crippen LogP contribution in [-0.2, 0) is 5.41 Å². The lowest BCUT2D eigenvalue weighted by Gasteiger charge is -2.39. The molecule has 256 valence electrons. The van der Waals surface area contributed by atoms with Crippen LogP contribution in [-0.4, -0.2) is 0 Å². The van der Waals surface area contributed by atoms with E-state index in [1.807, 2.05) is 0 Å². The van der Waals surface area contributed by atoms with Crippen molar-refractivity contribution in [2.45, 2.75) is 5.41 Å². The van der Waals surface area contributed by atoms with Crippen molar-refractivity contribution in [3.63, 3.8) is 0 Å². The van der Waals surface area contributed by atoms with E-state index < -0.39 is 5.41 Å². The Labute approximate surface area is 318 Å². The fourth-order valence-corrected chi connectivity index (χ4v) is 9.49. The summed E-state index contributed by atoms with van der Waals surface area (Å²) in [5.41, 5.74) is 15.9. The second-order valence-corrected chi connectivity index (χ2v) is 14.8. The first-order valence-corrected chi connectivity index (χ1v) is 18.9. The normalized spacial score (nSPS) is 13.4. The molecule has 55 heavy (non-hydrogen) atoms. The lowest BCUT2D eigenvalue weighted by atomic mass is 9.66. The summed E-state index contributed by atoms with van der Waals surface area (Å²) in [7, 11) is 0. The summed E-state index contributed by atoms with van der Waals surface area (Å²) in [6.45, 7) is 0. The number of para-hydroxylation sites is 1. The van der Waals surface area contributed by atoms with Crippen LogP contribution in [0.3, 0.4) is 0 Å². The molecular formula is C53H32O2. The molecule has 9 aromatic carbocycles. The first-order valence-electron chi connectivity index (χ1n) is 18.9. The topological polar surface area (TPSA) is 22.4 Å². The fraction of sp³-hybridized carbons (Fsp3) is 0.0189. The molecule has 0 bridgehead atoms. The fourth-order valence-electron chi connectivity index (χ4n) is 9.49. The summed E-state index contributed by atoms with van der Waals surface area (Å²) < 4.78 is 13.1. The van der Waals surface area contributed by atoms with E-state index in [0.717, 1.165) is 44.6 Å². The Balaban J connectivity index is 0.899. The van der Waals surface area contributed by atoms with Gasteiger partial charge in [0.15, 0.2) is 0 Å². The molecule has 0 radical (unpaired) electrons. The second-order valence-electron chi connectivity index (χ2n) is 14.8. The summed E-state index contributed by atoms with van der Waals surface area (Å²) in [6, 6.07) is 70.1. The molecule has 0 amide bonds. The molecule has 1 aliphatic heterocycles. The molecule has 0 unspecified atom stereocenters. The van der Waals surface area contributed by atoms with Crippen LogP contribution >= 0.6 is 0 Å². The molecule has 0 saturated carbocycles. The Kier molecular flexibility index (Phi) is 6.29. The molecule has 10 aromatic rings. The van der Waals surface area contributed by atoms with Crippen LogP contribution < -0.4 is 4.74 Å². The molecule has 1 spiro atoms. The molecule has 1 aliphatic carbocycles. The van der Waals surface area contributed by atoms with Gasteiger partial charge in [-0.15, -0.1) is 0 Å². The summed E-state index contributed by atoms with van der Waals surface area (Å²) in [4.78, 5) is 0. The molecular weight excluding hydrogens is 669 g/mol. The van der Waals surface area contributed by atoms with Gasteiger partial charge in [0.05, 0.1) is 5.41 Å². The molecule has 2 heteroatoms. The Morgan fingerprint density at radius 2 is 0.855 bits per heavy atom. The first kappa shape index (κ1) is 30.3. The lowest BCUT2D eigenvalue weighted by Crippen LogP contribution is -2.32. The van der Waals surface area contributed by atoms with Gasteiger partial charge in [0.1, 0.15) is 22.7 Å². The minimum atomic E-state index is -0.448. The number of benzene rings is 9. The maximum absolute atomic E-state index is 6.76. The largest absolute Gasteiger partial charge is 0.457 e. The van der Waals surface area contributed by atoms with E-state index in [2.05, 4.69) is 194 Å². The van der Waals surface area contributed by atoms with Crippen molar-refractivity contribution >= 4 is 32.7 Å². The van der Waals surface area contributed by atoms with Crippen molar-refractivity contribution < 1.29 is 9.15 Å². The third kappa shape index (κ3) is 4.31. The number of hydrogen-bond donors (Lipinski definition) is 0. The van der Waals surface area contributed by atoms with Crippen molar-refractivity contribution in [2.75, 3.05) is 0 Å². The van der Waals surface area contributed by atoms with Crippen LogP contribution in [0.1, 0.15) is 22.3 Å². The van der Waals surface area contributed by atoms with Gasteiger partial charge in [0.25, 0.3) is 0 Å². The average Bonchev–Trinajstić information content (AvgIpc) is 3.76. The van der Waals surface area contributed by atoms with Crippen molar-refractivity contribution in [2.24, 2.45) is 0 Å². The smallest absolute Gasteiger partial charge is 0.136 e. The zero-order valence-corrected chi connectivity index (χ0v) is 29.8. The molecule has 0 fully saturated rings. The zero-order valence-electron chi connectivity index (χ0n) is 29.8. The summed E-state index contributed by atoms with van der Waals surface area (Å²) in [6.07, 6.45) is 0. The second kappa shape index (κ2) is 11.4. The molecule has 0 saturated heterocycles. The summed E-state index contributed by atoms with van der Waals surface area (Å²) >= 11 is 0. The highest BCUT2D eigenvalue weighted by atomic mass is 16.5. The minimum Gasteiger partial charge on any atom is -0.457 e. The van der Waals surface area contributed by atoms with Crippen molar-refractivity contribution in [1.82, 2.24) is 0 Å². The maximum Gasteiger partial charge on any atom is 0.136 e. The molecule has 1 aromatic heterocycles. The van der Waals surface area contributed by atoms with Gasteiger partial charge in [0.2, 0.25) is 0 Å². The molecule has 2 nitrogen and oxygen atoms in total. The highest BCUT2D eigenvalue weighted by Crippen LogP contribution is 2.62. The monoisotopic (exact) mass is 700 g/mol. The van der Waals surface area contributed by atoms with E-state index in [9.17, 15) is 0 Å². The van der Waals surface area contributed by atoms with Crippen LogP contribution in [0.15, 0.2) is 199 Å².